The van der Waals surface area contributed by atoms with E-state index < -0.39 is 17.6 Å². The minimum atomic E-state index is -0.794. The van der Waals surface area contributed by atoms with E-state index in [1.54, 1.807) is 11.8 Å². The third-order valence-corrected chi connectivity index (χ3v) is 6.54. The van der Waals surface area contributed by atoms with Crippen LogP contribution < -0.4 is 0 Å². The molecule has 6 nitrogen and oxygen atoms in total. The summed E-state index contributed by atoms with van der Waals surface area (Å²) in [4.78, 5) is 40.3. The Bertz CT molecular complexity index is 645. The quantitative estimate of drug-likeness (QED) is 0.578. The summed E-state index contributed by atoms with van der Waals surface area (Å²) >= 11 is 0. The Morgan fingerprint density at radius 2 is 2.11 bits per heavy atom. The minimum absolute atomic E-state index is 0.0232. The highest BCUT2D eigenvalue weighted by atomic mass is 16.5. The molecular formula is C22H33NO5. The number of carbonyl (C=O) groups excluding carboxylic acids is 3. The molecule has 3 aliphatic rings. The molecule has 1 saturated carbocycles. The van der Waals surface area contributed by atoms with Gasteiger partial charge in [-0.05, 0) is 38.5 Å². The topological polar surface area (TPSA) is 83.9 Å². The minimum Gasteiger partial charge on any atom is -0.466 e. The van der Waals surface area contributed by atoms with Crippen LogP contribution in [0.2, 0.25) is 0 Å². The summed E-state index contributed by atoms with van der Waals surface area (Å²) in [6.07, 6.45) is 9.30. The van der Waals surface area contributed by atoms with Gasteiger partial charge in [-0.25, -0.2) is 0 Å². The summed E-state index contributed by atoms with van der Waals surface area (Å²) in [5, 5.41) is 10.1. The van der Waals surface area contributed by atoms with E-state index in [0.717, 1.165) is 32.1 Å². The number of allylic oxidation sites excluding steroid dienone is 2. The number of ether oxygens (including phenoxy) is 1. The van der Waals surface area contributed by atoms with Gasteiger partial charge in [0.05, 0.1) is 24.2 Å². The number of rotatable bonds is 2. The second-order valence-electron chi connectivity index (χ2n) is 8.69. The van der Waals surface area contributed by atoms with Crippen LogP contribution in [0, 0.1) is 17.3 Å². The molecule has 2 heterocycles. The first-order valence-corrected chi connectivity index (χ1v) is 10.7. The van der Waals surface area contributed by atoms with Crippen molar-refractivity contribution in [1.82, 2.24) is 4.90 Å². The van der Waals surface area contributed by atoms with Crippen LogP contribution in [-0.2, 0) is 19.1 Å². The Morgan fingerprint density at radius 3 is 2.86 bits per heavy atom. The number of carbonyl (C=O) groups is 3. The number of Topliss-reactive ketones (excluding diaryl/α,β-unsaturated/α-hetero) is 1. The number of esters is 1. The molecular weight excluding hydrogens is 358 g/mol. The SMILES string of the molecule is CCOC(=O)[C@]12CC(=O)[C@@H]3C[C@H](O)CN3C(=O)[C@@H](C)CCCCC/C=C\[C@H]1C2. The molecule has 3 rings (SSSR count). The maximum absolute atomic E-state index is 13.1. The molecule has 6 heteroatoms. The van der Waals surface area contributed by atoms with Gasteiger partial charge in [-0.2, -0.15) is 0 Å². The fourth-order valence-electron chi connectivity index (χ4n) is 4.72. The molecule has 0 aromatic heterocycles. The highest BCUT2D eigenvalue weighted by molar-refractivity contribution is 5.95. The number of nitrogens with zero attached hydrogens (tertiary/aromatic N) is 1. The van der Waals surface area contributed by atoms with E-state index in [4.69, 9.17) is 4.74 Å². The van der Waals surface area contributed by atoms with E-state index in [1.165, 1.54) is 0 Å². The van der Waals surface area contributed by atoms with Gasteiger partial charge in [0.2, 0.25) is 5.91 Å². The summed E-state index contributed by atoms with van der Waals surface area (Å²) in [6.45, 7) is 4.17. The van der Waals surface area contributed by atoms with Gasteiger partial charge in [0, 0.05) is 25.3 Å². The highest BCUT2D eigenvalue weighted by Crippen LogP contribution is 2.57. The number of hydrogen-bond donors (Lipinski definition) is 1. The molecule has 28 heavy (non-hydrogen) atoms. The van der Waals surface area contributed by atoms with Crippen molar-refractivity contribution in [2.45, 2.75) is 77.4 Å². The number of aliphatic hydroxyl groups is 1. The molecule has 1 aliphatic carbocycles. The molecule has 0 spiro atoms. The average Bonchev–Trinajstić information content (AvgIpc) is 3.21. The zero-order valence-corrected chi connectivity index (χ0v) is 17.1. The lowest BCUT2D eigenvalue weighted by atomic mass is 9.91. The standard InChI is InChI=1S/C22H33NO5/c1-3-28-21(27)22-12-16(22)10-8-6-4-5-7-9-15(2)20(26)23-14-17(24)11-18(23)19(25)13-22/h8,10,15-18,24H,3-7,9,11-14H2,1-2H3/b10-8-/t15-,16-,17-,18-,22+/m0/s1. The third-order valence-electron chi connectivity index (χ3n) is 6.54. The summed E-state index contributed by atoms with van der Waals surface area (Å²) in [5.74, 6) is -0.632. The molecule has 2 fully saturated rings. The molecule has 156 valence electrons. The average molecular weight is 392 g/mol. The van der Waals surface area contributed by atoms with Gasteiger partial charge in [-0.1, -0.05) is 31.9 Å². The van der Waals surface area contributed by atoms with E-state index in [9.17, 15) is 19.5 Å². The zero-order chi connectivity index (χ0) is 20.3. The third kappa shape index (κ3) is 4.32. The van der Waals surface area contributed by atoms with Crippen molar-refractivity contribution in [3.63, 3.8) is 0 Å². The maximum atomic E-state index is 13.1. The van der Waals surface area contributed by atoms with Crippen molar-refractivity contribution in [2.75, 3.05) is 13.2 Å². The van der Waals surface area contributed by atoms with Crippen LogP contribution in [0.25, 0.3) is 0 Å². The van der Waals surface area contributed by atoms with Crippen LogP contribution in [0.3, 0.4) is 0 Å². The number of fused-ring (bicyclic) bond motifs is 2. The first kappa shape index (κ1) is 21.0. The van der Waals surface area contributed by atoms with Crippen molar-refractivity contribution in [3.05, 3.63) is 12.2 Å². The van der Waals surface area contributed by atoms with Gasteiger partial charge in [0.1, 0.15) is 0 Å². The summed E-state index contributed by atoms with van der Waals surface area (Å²) in [7, 11) is 0. The molecule has 0 radical (unpaired) electrons. The monoisotopic (exact) mass is 391 g/mol. The smallest absolute Gasteiger partial charge is 0.313 e. The molecule has 0 bridgehead atoms. The Morgan fingerprint density at radius 1 is 1.32 bits per heavy atom. The second-order valence-corrected chi connectivity index (χ2v) is 8.69. The lowest BCUT2D eigenvalue weighted by Crippen LogP contribution is -2.44. The molecule has 0 aromatic carbocycles. The largest absolute Gasteiger partial charge is 0.466 e. The number of aliphatic hydroxyl groups excluding tert-OH is 1. The number of hydrogen-bond acceptors (Lipinski definition) is 5. The Labute approximate surface area is 167 Å². The van der Waals surface area contributed by atoms with E-state index in [2.05, 4.69) is 12.2 Å². The highest BCUT2D eigenvalue weighted by Gasteiger charge is 2.61. The van der Waals surface area contributed by atoms with Crippen LogP contribution in [0.4, 0.5) is 0 Å². The first-order chi connectivity index (χ1) is 13.4. The lowest BCUT2D eigenvalue weighted by Gasteiger charge is -2.27. The predicted octanol–water partition coefficient (Wildman–Crippen LogP) is 2.63. The molecule has 2 aliphatic heterocycles. The Kier molecular flexibility index (Phi) is 6.58. The number of amides is 1. The van der Waals surface area contributed by atoms with Gasteiger partial charge in [-0.15, -0.1) is 0 Å². The van der Waals surface area contributed by atoms with Crippen LogP contribution in [0.5, 0.6) is 0 Å². The van der Waals surface area contributed by atoms with E-state index in [-0.39, 0.29) is 55.5 Å². The van der Waals surface area contributed by atoms with Crippen molar-refractivity contribution in [1.29, 1.82) is 0 Å². The van der Waals surface area contributed by atoms with Crippen molar-refractivity contribution < 1.29 is 24.2 Å². The van der Waals surface area contributed by atoms with Crippen molar-refractivity contribution in [2.24, 2.45) is 17.3 Å². The van der Waals surface area contributed by atoms with E-state index >= 15 is 0 Å². The van der Waals surface area contributed by atoms with Gasteiger partial charge >= 0.3 is 5.97 Å². The van der Waals surface area contributed by atoms with Crippen LogP contribution in [0.15, 0.2) is 12.2 Å². The molecule has 0 aromatic rings. The lowest BCUT2D eigenvalue weighted by molar-refractivity contribution is -0.152. The van der Waals surface area contributed by atoms with Gasteiger partial charge in [0.25, 0.3) is 0 Å². The molecule has 0 unspecified atom stereocenters. The summed E-state index contributed by atoms with van der Waals surface area (Å²) in [6, 6.07) is -0.633. The van der Waals surface area contributed by atoms with Gasteiger partial charge in [-0.3, -0.25) is 14.4 Å². The number of ketones is 1. The fraction of sp³-hybridized carbons (Fsp3) is 0.773. The second kappa shape index (κ2) is 8.76. The van der Waals surface area contributed by atoms with Crippen LogP contribution >= 0.6 is 0 Å². The zero-order valence-electron chi connectivity index (χ0n) is 17.1. The van der Waals surface area contributed by atoms with Crippen LogP contribution in [0.1, 0.15) is 65.2 Å². The summed E-state index contributed by atoms with van der Waals surface area (Å²) < 4.78 is 5.28. The Balaban J connectivity index is 1.84. The normalized spacial score (nSPS) is 38.0. The van der Waals surface area contributed by atoms with E-state index in [0.29, 0.717) is 6.42 Å². The summed E-state index contributed by atoms with van der Waals surface area (Å²) in [5.41, 5.74) is -0.794. The fourth-order valence-corrected chi connectivity index (χ4v) is 4.72. The van der Waals surface area contributed by atoms with Gasteiger partial charge < -0.3 is 14.7 Å². The Hall–Kier alpha value is -1.69. The molecule has 1 amide bonds. The van der Waals surface area contributed by atoms with Gasteiger partial charge in [0.15, 0.2) is 5.78 Å². The molecule has 1 saturated heterocycles. The first-order valence-electron chi connectivity index (χ1n) is 10.7. The van der Waals surface area contributed by atoms with Crippen molar-refractivity contribution in [3.8, 4) is 0 Å². The van der Waals surface area contributed by atoms with Crippen molar-refractivity contribution >= 4 is 17.7 Å². The predicted molar refractivity (Wildman–Crippen MR) is 104 cm³/mol. The maximum Gasteiger partial charge on any atom is 0.313 e. The van der Waals surface area contributed by atoms with Crippen LogP contribution in [-0.4, -0.2) is 53.0 Å². The van der Waals surface area contributed by atoms with E-state index in [1.807, 2.05) is 6.92 Å². The molecule has 5 atom stereocenters. The molecule has 1 N–H and O–H groups in total.